The van der Waals surface area contributed by atoms with Crippen molar-refractivity contribution in [2.45, 2.75) is 25.3 Å². The van der Waals surface area contributed by atoms with E-state index in [0.717, 1.165) is 24.8 Å². The number of aromatic hydroxyl groups is 1. The Morgan fingerprint density at radius 2 is 1.63 bits per heavy atom. The van der Waals surface area contributed by atoms with Crippen molar-refractivity contribution in [1.29, 1.82) is 0 Å². The molecular weight excluding hydrogens is 336 g/mol. The van der Waals surface area contributed by atoms with Gasteiger partial charge in [0.1, 0.15) is 5.75 Å². The molecule has 0 unspecified atom stereocenters. The Morgan fingerprint density at radius 1 is 0.926 bits per heavy atom. The van der Waals surface area contributed by atoms with Gasteiger partial charge in [0.05, 0.1) is 5.56 Å². The van der Waals surface area contributed by atoms with Gasteiger partial charge in [0, 0.05) is 31.5 Å². The van der Waals surface area contributed by atoms with Gasteiger partial charge in [0.15, 0.2) is 0 Å². The highest BCUT2D eigenvalue weighted by atomic mass is 16.3. The molecule has 2 heterocycles. The van der Waals surface area contributed by atoms with Gasteiger partial charge in [-0.25, -0.2) is 0 Å². The number of rotatable bonds is 4. The molecule has 0 saturated carbocycles. The summed E-state index contributed by atoms with van der Waals surface area (Å²) in [6.45, 7) is 1.42. The van der Waals surface area contributed by atoms with Gasteiger partial charge >= 0.3 is 0 Å². The number of hydrogen-bond acceptors (Lipinski definition) is 2. The predicted octanol–water partition coefficient (Wildman–Crippen LogP) is 4.26. The fourth-order valence-electron chi connectivity index (χ4n) is 3.82. The molecule has 4 nitrogen and oxygen atoms in total. The maximum atomic E-state index is 13.0. The molecular formula is C23H24N2O2. The van der Waals surface area contributed by atoms with E-state index in [1.165, 1.54) is 5.56 Å². The molecule has 0 spiro atoms. The van der Waals surface area contributed by atoms with E-state index in [1.54, 1.807) is 6.07 Å². The molecule has 1 aliphatic heterocycles. The zero-order chi connectivity index (χ0) is 18.6. The van der Waals surface area contributed by atoms with Crippen LogP contribution in [0.4, 0.5) is 0 Å². The van der Waals surface area contributed by atoms with Crippen molar-refractivity contribution in [3.63, 3.8) is 0 Å². The van der Waals surface area contributed by atoms with Crippen LogP contribution in [0.15, 0.2) is 73.1 Å². The van der Waals surface area contributed by atoms with Crippen LogP contribution in [0, 0.1) is 0 Å². The van der Waals surface area contributed by atoms with Crippen molar-refractivity contribution in [1.82, 2.24) is 9.47 Å². The van der Waals surface area contributed by atoms with Crippen LogP contribution >= 0.6 is 0 Å². The number of amides is 1. The van der Waals surface area contributed by atoms with E-state index in [-0.39, 0.29) is 11.7 Å². The summed E-state index contributed by atoms with van der Waals surface area (Å²) >= 11 is 0. The molecule has 1 aromatic heterocycles. The molecule has 138 valence electrons. The first-order valence-corrected chi connectivity index (χ1v) is 9.48. The topological polar surface area (TPSA) is 45.5 Å². The third-order valence-corrected chi connectivity index (χ3v) is 5.34. The molecule has 3 aromatic rings. The van der Waals surface area contributed by atoms with E-state index in [2.05, 4.69) is 29.1 Å². The summed E-state index contributed by atoms with van der Waals surface area (Å²) in [5, 5.41) is 10.3. The molecule has 0 atom stereocenters. The molecule has 4 rings (SSSR count). The first-order chi connectivity index (χ1) is 13.2. The smallest absolute Gasteiger partial charge is 0.257 e. The number of benzene rings is 2. The van der Waals surface area contributed by atoms with Crippen LogP contribution in [0.3, 0.4) is 0 Å². The number of piperidine rings is 1. The molecule has 0 radical (unpaired) electrons. The number of carbonyl (C=O) groups excluding carboxylic acids is 1. The lowest BCUT2D eigenvalue weighted by Gasteiger charge is -2.33. The second-order valence-corrected chi connectivity index (χ2v) is 7.17. The summed E-state index contributed by atoms with van der Waals surface area (Å²) in [5.41, 5.74) is 2.63. The van der Waals surface area contributed by atoms with E-state index in [9.17, 15) is 9.90 Å². The van der Waals surface area contributed by atoms with Gasteiger partial charge in [0.25, 0.3) is 5.91 Å². The molecule has 1 aliphatic rings. The molecule has 1 saturated heterocycles. The number of likely N-dealkylation sites (tertiary alicyclic amines) is 1. The average Bonchev–Trinajstić information content (AvgIpc) is 3.25. The summed E-state index contributed by atoms with van der Waals surface area (Å²) < 4.78 is 2.22. The Balaban J connectivity index is 1.46. The first-order valence-electron chi connectivity index (χ1n) is 9.48. The molecule has 1 amide bonds. The first kappa shape index (κ1) is 17.4. The normalized spacial score (nSPS) is 15.0. The quantitative estimate of drug-likeness (QED) is 0.755. The minimum absolute atomic E-state index is 0.0596. The van der Waals surface area contributed by atoms with Crippen molar-refractivity contribution in [2.24, 2.45) is 0 Å². The van der Waals surface area contributed by atoms with Crippen LogP contribution in [0.25, 0.3) is 0 Å². The second-order valence-electron chi connectivity index (χ2n) is 7.17. The van der Waals surface area contributed by atoms with Crippen molar-refractivity contribution >= 4 is 5.91 Å². The predicted molar refractivity (Wildman–Crippen MR) is 106 cm³/mol. The largest absolute Gasteiger partial charge is 0.507 e. The average molecular weight is 360 g/mol. The van der Waals surface area contributed by atoms with Crippen LogP contribution < -0.4 is 0 Å². The van der Waals surface area contributed by atoms with Crippen molar-refractivity contribution in [3.8, 4) is 5.75 Å². The van der Waals surface area contributed by atoms with Gasteiger partial charge in [-0.1, -0.05) is 36.4 Å². The molecule has 1 fully saturated rings. The molecule has 0 bridgehead atoms. The molecule has 2 aromatic carbocycles. The Hall–Kier alpha value is -3.01. The van der Waals surface area contributed by atoms with E-state index < -0.39 is 0 Å². The van der Waals surface area contributed by atoms with Crippen molar-refractivity contribution < 1.29 is 9.90 Å². The van der Waals surface area contributed by atoms with Crippen LogP contribution in [-0.4, -0.2) is 33.6 Å². The summed E-state index contributed by atoms with van der Waals surface area (Å²) in [5.74, 6) is -0.0160. The monoisotopic (exact) mass is 360 g/mol. The van der Waals surface area contributed by atoms with E-state index in [0.29, 0.717) is 24.7 Å². The molecule has 1 N–H and O–H groups in total. The second kappa shape index (κ2) is 7.70. The van der Waals surface area contributed by atoms with Gasteiger partial charge in [-0.2, -0.15) is 0 Å². The minimum Gasteiger partial charge on any atom is -0.507 e. The minimum atomic E-state index is -0.0756. The SMILES string of the molecule is O=C(c1cc(Cc2ccccc2)ccc1O)N1CCC(n2cccc2)CC1. The molecule has 0 aliphatic carbocycles. The lowest BCUT2D eigenvalue weighted by atomic mass is 10.00. The fraction of sp³-hybridized carbons (Fsp3) is 0.261. The van der Waals surface area contributed by atoms with Gasteiger partial charge in [0.2, 0.25) is 0 Å². The van der Waals surface area contributed by atoms with E-state index >= 15 is 0 Å². The third kappa shape index (κ3) is 3.90. The van der Waals surface area contributed by atoms with Crippen LogP contribution in [-0.2, 0) is 6.42 Å². The summed E-state index contributed by atoms with van der Waals surface area (Å²) in [4.78, 5) is 14.8. The standard InChI is InChI=1S/C23H24N2O2/c26-22-9-8-19(16-18-6-2-1-3-7-18)17-21(22)23(27)25-14-10-20(11-15-25)24-12-4-5-13-24/h1-9,12-13,17,20,26H,10-11,14-16H2. The number of phenolic OH excluding ortho intramolecular Hbond substituents is 1. The van der Waals surface area contributed by atoms with Gasteiger partial charge in [-0.3, -0.25) is 4.79 Å². The van der Waals surface area contributed by atoms with E-state index in [1.807, 2.05) is 47.4 Å². The number of nitrogens with zero attached hydrogens (tertiary/aromatic N) is 2. The molecule has 4 heteroatoms. The van der Waals surface area contributed by atoms with Crippen molar-refractivity contribution in [3.05, 3.63) is 89.7 Å². The highest BCUT2D eigenvalue weighted by molar-refractivity contribution is 5.97. The number of phenols is 1. The zero-order valence-corrected chi connectivity index (χ0v) is 15.3. The summed E-state index contributed by atoms with van der Waals surface area (Å²) in [7, 11) is 0. The number of carbonyl (C=O) groups is 1. The lowest BCUT2D eigenvalue weighted by molar-refractivity contribution is 0.0691. The van der Waals surface area contributed by atoms with Gasteiger partial charge in [-0.15, -0.1) is 0 Å². The Morgan fingerprint density at radius 3 is 2.33 bits per heavy atom. The number of hydrogen-bond donors (Lipinski definition) is 1. The third-order valence-electron chi connectivity index (χ3n) is 5.34. The highest BCUT2D eigenvalue weighted by Crippen LogP contribution is 2.27. The maximum absolute atomic E-state index is 13.0. The van der Waals surface area contributed by atoms with Crippen molar-refractivity contribution in [2.75, 3.05) is 13.1 Å². The lowest BCUT2D eigenvalue weighted by Crippen LogP contribution is -2.39. The Kier molecular flexibility index (Phi) is 4.97. The van der Waals surface area contributed by atoms with Gasteiger partial charge < -0.3 is 14.6 Å². The van der Waals surface area contributed by atoms with Crippen LogP contribution in [0.5, 0.6) is 5.75 Å². The van der Waals surface area contributed by atoms with E-state index in [4.69, 9.17) is 0 Å². The zero-order valence-electron chi connectivity index (χ0n) is 15.3. The maximum Gasteiger partial charge on any atom is 0.257 e. The van der Waals surface area contributed by atoms with Crippen LogP contribution in [0.1, 0.15) is 40.4 Å². The van der Waals surface area contributed by atoms with Crippen LogP contribution in [0.2, 0.25) is 0 Å². The van der Waals surface area contributed by atoms with Gasteiger partial charge in [-0.05, 0) is 54.7 Å². The fourth-order valence-corrected chi connectivity index (χ4v) is 3.82. The summed E-state index contributed by atoms with van der Waals surface area (Å²) in [6.07, 6.45) is 6.79. The number of aromatic nitrogens is 1. The highest BCUT2D eigenvalue weighted by Gasteiger charge is 2.25. The Labute approximate surface area is 159 Å². The Bertz CT molecular complexity index is 895. The summed E-state index contributed by atoms with van der Waals surface area (Å²) in [6, 6.07) is 20.0. The molecule has 27 heavy (non-hydrogen) atoms.